The summed E-state index contributed by atoms with van der Waals surface area (Å²) >= 11 is 5.88. The number of ether oxygens (including phenoxy) is 1. The molecule has 0 unspecified atom stereocenters. The molecule has 0 bridgehead atoms. The van der Waals surface area contributed by atoms with Gasteiger partial charge < -0.3 is 10.1 Å². The van der Waals surface area contributed by atoms with Crippen LogP contribution in [0.25, 0.3) is 0 Å². The average molecular weight is 457 g/mol. The van der Waals surface area contributed by atoms with Gasteiger partial charge in [0, 0.05) is 17.1 Å². The zero-order valence-corrected chi connectivity index (χ0v) is 18.4. The third-order valence-corrected chi connectivity index (χ3v) is 7.11. The SMILES string of the molecule is CCOc1ccccc1NC(=O)c1ccc2c(c1)CCN2S(=O)(=O)c1ccc(Cl)cc1. The lowest BCUT2D eigenvalue weighted by molar-refractivity contribution is 0.102. The highest BCUT2D eigenvalue weighted by molar-refractivity contribution is 7.92. The van der Waals surface area contributed by atoms with E-state index in [0.717, 1.165) is 5.56 Å². The molecule has 0 aliphatic carbocycles. The van der Waals surface area contributed by atoms with E-state index in [-0.39, 0.29) is 10.8 Å². The molecule has 6 nitrogen and oxygen atoms in total. The van der Waals surface area contributed by atoms with Crippen LogP contribution in [-0.2, 0) is 16.4 Å². The molecule has 0 atom stereocenters. The van der Waals surface area contributed by atoms with Gasteiger partial charge in [-0.1, -0.05) is 23.7 Å². The van der Waals surface area contributed by atoms with Crippen molar-refractivity contribution >= 4 is 38.9 Å². The second-order valence-corrected chi connectivity index (χ2v) is 9.31. The largest absolute Gasteiger partial charge is 0.492 e. The molecule has 0 saturated heterocycles. The van der Waals surface area contributed by atoms with Crippen molar-refractivity contribution in [3.05, 3.63) is 82.9 Å². The fourth-order valence-corrected chi connectivity index (χ4v) is 5.17. The fourth-order valence-electron chi connectivity index (χ4n) is 3.54. The maximum Gasteiger partial charge on any atom is 0.264 e. The Hall–Kier alpha value is -3.03. The highest BCUT2D eigenvalue weighted by atomic mass is 35.5. The Bertz CT molecular complexity index is 1230. The molecular weight excluding hydrogens is 436 g/mol. The molecule has 0 saturated carbocycles. The molecule has 31 heavy (non-hydrogen) atoms. The number of nitrogens with zero attached hydrogens (tertiary/aromatic N) is 1. The van der Waals surface area contributed by atoms with Crippen molar-refractivity contribution in [3.8, 4) is 5.75 Å². The molecule has 0 radical (unpaired) electrons. The van der Waals surface area contributed by atoms with E-state index in [9.17, 15) is 13.2 Å². The van der Waals surface area contributed by atoms with Gasteiger partial charge in [0.25, 0.3) is 15.9 Å². The number of fused-ring (bicyclic) bond motifs is 1. The summed E-state index contributed by atoms with van der Waals surface area (Å²) in [5.74, 6) is 0.314. The maximum atomic E-state index is 13.1. The standard InChI is InChI=1S/C23H21ClN2O4S/c1-2-30-22-6-4-3-5-20(22)25-23(27)17-7-12-21-16(15-17)13-14-26(21)31(28,29)19-10-8-18(24)9-11-19/h3-12,15H,2,13-14H2,1H3,(H,25,27). The minimum Gasteiger partial charge on any atom is -0.492 e. The Labute approximate surface area is 186 Å². The van der Waals surface area contributed by atoms with E-state index < -0.39 is 10.0 Å². The molecule has 3 aromatic rings. The molecule has 1 amide bonds. The first-order chi connectivity index (χ1) is 14.9. The number of rotatable bonds is 6. The van der Waals surface area contributed by atoms with Gasteiger partial charge in [-0.15, -0.1) is 0 Å². The number of hydrogen-bond acceptors (Lipinski definition) is 4. The molecule has 0 spiro atoms. The third kappa shape index (κ3) is 4.24. The number of benzene rings is 3. The van der Waals surface area contributed by atoms with Crippen molar-refractivity contribution < 1.29 is 17.9 Å². The van der Waals surface area contributed by atoms with Gasteiger partial charge in [-0.05, 0) is 73.5 Å². The van der Waals surface area contributed by atoms with Crippen LogP contribution in [0, 0.1) is 0 Å². The van der Waals surface area contributed by atoms with Crippen molar-refractivity contribution in [1.82, 2.24) is 0 Å². The van der Waals surface area contributed by atoms with Crippen LogP contribution in [0.2, 0.25) is 5.02 Å². The Morgan fingerprint density at radius 3 is 2.58 bits per heavy atom. The predicted octanol–water partition coefficient (Wildman–Crippen LogP) is 4.74. The topological polar surface area (TPSA) is 75.7 Å². The van der Waals surface area contributed by atoms with Crippen molar-refractivity contribution in [2.45, 2.75) is 18.2 Å². The number of carbonyl (C=O) groups is 1. The van der Waals surface area contributed by atoms with Crippen molar-refractivity contribution in [2.75, 3.05) is 22.8 Å². The summed E-state index contributed by atoms with van der Waals surface area (Å²) in [6.07, 6.45) is 0.527. The zero-order chi connectivity index (χ0) is 22.0. The summed E-state index contributed by atoms with van der Waals surface area (Å²) < 4.78 is 33.0. The average Bonchev–Trinajstić information content (AvgIpc) is 3.20. The number of anilines is 2. The summed E-state index contributed by atoms with van der Waals surface area (Å²) in [5.41, 5.74) is 2.43. The molecule has 4 rings (SSSR count). The number of para-hydroxylation sites is 2. The minimum absolute atomic E-state index is 0.180. The van der Waals surface area contributed by atoms with Crippen molar-refractivity contribution in [3.63, 3.8) is 0 Å². The van der Waals surface area contributed by atoms with Gasteiger partial charge in [0.05, 0.1) is 22.9 Å². The predicted molar refractivity (Wildman–Crippen MR) is 122 cm³/mol. The minimum atomic E-state index is -3.70. The third-order valence-electron chi connectivity index (χ3n) is 5.03. The quantitative estimate of drug-likeness (QED) is 0.581. The van der Waals surface area contributed by atoms with Gasteiger partial charge in [0.2, 0.25) is 0 Å². The van der Waals surface area contributed by atoms with Crippen LogP contribution in [0.15, 0.2) is 71.6 Å². The molecule has 1 aliphatic rings. The van der Waals surface area contributed by atoms with Crippen LogP contribution in [0.3, 0.4) is 0 Å². The highest BCUT2D eigenvalue weighted by Crippen LogP contribution is 2.34. The molecular formula is C23H21ClN2O4S. The Balaban J connectivity index is 1.58. The number of amides is 1. The molecule has 3 aromatic carbocycles. The van der Waals surface area contributed by atoms with E-state index in [1.807, 2.05) is 19.1 Å². The van der Waals surface area contributed by atoms with Gasteiger partial charge >= 0.3 is 0 Å². The first kappa shape index (κ1) is 21.2. The van der Waals surface area contributed by atoms with Gasteiger partial charge in [0.1, 0.15) is 5.75 Å². The van der Waals surface area contributed by atoms with E-state index in [2.05, 4.69) is 5.32 Å². The molecule has 8 heteroatoms. The monoisotopic (exact) mass is 456 g/mol. The van der Waals surface area contributed by atoms with E-state index >= 15 is 0 Å². The van der Waals surface area contributed by atoms with Crippen LogP contribution < -0.4 is 14.4 Å². The van der Waals surface area contributed by atoms with Gasteiger partial charge in [-0.25, -0.2) is 8.42 Å². The molecule has 160 valence electrons. The summed E-state index contributed by atoms with van der Waals surface area (Å²) in [6.45, 7) is 2.69. The number of halogens is 1. The Morgan fingerprint density at radius 1 is 1.10 bits per heavy atom. The van der Waals surface area contributed by atoms with Crippen LogP contribution in [0.1, 0.15) is 22.8 Å². The van der Waals surface area contributed by atoms with E-state index in [0.29, 0.717) is 47.3 Å². The smallest absolute Gasteiger partial charge is 0.264 e. The molecule has 0 fully saturated rings. The van der Waals surface area contributed by atoms with Gasteiger partial charge in [0.15, 0.2) is 0 Å². The normalized spacial score (nSPS) is 13.0. The summed E-state index contributed by atoms with van der Waals surface area (Å²) in [5, 5.41) is 3.34. The summed E-state index contributed by atoms with van der Waals surface area (Å²) in [4.78, 5) is 13.0. The molecule has 1 aliphatic heterocycles. The summed E-state index contributed by atoms with van der Waals surface area (Å²) in [7, 11) is -3.70. The van der Waals surface area contributed by atoms with Crippen LogP contribution >= 0.6 is 11.6 Å². The number of sulfonamides is 1. The fraction of sp³-hybridized carbons (Fsp3) is 0.174. The number of hydrogen-bond donors (Lipinski definition) is 1. The van der Waals surface area contributed by atoms with Gasteiger partial charge in [-0.2, -0.15) is 0 Å². The maximum absolute atomic E-state index is 13.1. The summed E-state index contributed by atoms with van der Waals surface area (Å²) in [6, 6.07) is 18.4. The molecule has 1 heterocycles. The lowest BCUT2D eigenvalue weighted by atomic mass is 10.1. The van der Waals surface area contributed by atoms with Crippen LogP contribution in [-0.4, -0.2) is 27.5 Å². The van der Waals surface area contributed by atoms with E-state index in [1.54, 1.807) is 42.5 Å². The van der Waals surface area contributed by atoms with Crippen LogP contribution in [0.4, 0.5) is 11.4 Å². The highest BCUT2D eigenvalue weighted by Gasteiger charge is 2.31. The lowest BCUT2D eigenvalue weighted by Gasteiger charge is -2.20. The van der Waals surface area contributed by atoms with Crippen molar-refractivity contribution in [2.24, 2.45) is 0 Å². The van der Waals surface area contributed by atoms with E-state index in [1.165, 1.54) is 16.4 Å². The Morgan fingerprint density at radius 2 is 1.84 bits per heavy atom. The molecule has 0 aromatic heterocycles. The lowest BCUT2D eigenvalue weighted by Crippen LogP contribution is -2.29. The number of carbonyl (C=O) groups excluding carboxylic acids is 1. The molecule has 1 N–H and O–H groups in total. The second kappa shape index (κ2) is 8.61. The first-order valence-electron chi connectivity index (χ1n) is 9.84. The Kier molecular flexibility index (Phi) is 5.89. The van der Waals surface area contributed by atoms with E-state index in [4.69, 9.17) is 16.3 Å². The van der Waals surface area contributed by atoms with Crippen LogP contribution in [0.5, 0.6) is 5.75 Å². The number of nitrogens with one attached hydrogen (secondary N) is 1. The van der Waals surface area contributed by atoms with Crippen molar-refractivity contribution in [1.29, 1.82) is 0 Å². The van der Waals surface area contributed by atoms with Gasteiger partial charge in [-0.3, -0.25) is 9.10 Å². The second-order valence-electron chi connectivity index (χ2n) is 7.01. The first-order valence-corrected chi connectivity index (χ1v) is 11.7. The zero-order valence-electron chi connectivity index (χ0n) is 16.8.